The van der Waals surface area contributed by atoms with Gasteiger partial charge in [-0.25, -0.2) is 0 Å². The molecule has 0 saturated heterocycles. The number of benzene rings is 6. The highest BCUT2D eigenvalue weighted by molar-refractivity contribution is 8.03. The molecular weight excluding hydrogens is 743 g/mol. The Morgan fingerprint density at radius 2 is 1.45 bits per heavy atom. The number of hydrogen-bond acceptors (Lipinski definition) is 2. The molecule has 6 aromatic rings. The Morgan fingerprint density at radius 3 is 2.27 bits per heavy atom. The van der Waals surface area contributed by atoms with Gasteiger partial charge < -0.3 is 4.90 Å². The number of nitrogens with zero attached hydrogens (tertiary/aromatic N) is 1. The molecular formula is C58H45NS. The maximum atomic E-state index is 4.62. The first-order valence-corrected chi connectivity index (χ1v) is 21.8. The van der Waals surface area contributed by atoms with Gasteiger partial charge in [0.25, 0.3) is 0 Å². The van der Waals surface area contributed by atoms with Gasteiger partial charge in [0.2, 0.25) is 0 Å². The van der Waals surface area contributed by atoms with Crippen molar-refractivity contribution in [1.29, 1.82) is 0 Å². The zero-order valence-corrected chi connectivity index (χ0v) is 35.1. The normalized spacial score (nSPS) is 16.3. The average Bonchev–Trinajstić information content (AvgIpc) is 3.50. The molecule has 0 atom stereocenters. The minimum absolute atomic E-state index is 0.366. The van der Waals surface area contributed by atoms with Crippen molar-refractivity contribution in [3.8, 4) is 0 Å². The van der Waals surface area contributed by atoms with Gasteiger partial charge >= 0.3 is 0 Å². The zero-order valence-electron chi connectivity index (χ0n) is 34.3. The number of thioether (sulfide) groups is 1. The van der Waals surface area contributed by atoms with E-state index in [1.165, 1.54) is 65.8 Å². The molecule has 288 valence electrons. The van der Waals surface area contributed by atoms with Crippen LogP contribution in [0.2, 0.25) is 0 Å². The lowest BCUT2D eigenvalue weighted by Gasteiger charge is -2.27. The molecule has 1 nitrogen and oxygen atoms in total. The molecule has 2 aliphatic heterocycles. The molecule has 60 heavy (non-hydrogen) atoms. The predicted molar refractivity (Wildman–Crippen MR) is 256 cm³/mol. The molecule has 0 spiro atoms. The molecule has 10 rings (SSSR count). The smallest absolute Gasteiger partial charge is 0.0626 e. The van der Waals surface area contributed by atoms with E-state index in [-0.39, 0.29) is 0 Å². The number of allylic oxidation sites excluding steroid dienone is 8. The highest BCUT2D eigenvalue weighted by Crippen LogP contribution is 2.48. The Hall–Kier alpha value is -6.79. The summed E-state index contributed by atoms with van der Waals surface area (Å²) < 4.78 is 0. The molecule has 2 heteroatoms. The predicted octanol–water partition coefficient (Wildman–Crippen LogP) is 13.2. The summed E-state index contributed by atoms with van der Waals surface area (Å²) in [7, 11) is 0. The van der Waals surface area contributed by atoms with Gasteiger partial charge in [-0.3, -0.25) is 0 Å². The first-order valence-electron chi connectivity index (χ1n) is 21.0. The topological polar surface area (TPSA) is 3.24 Å². The summed E-state index contributed by atoms with van der Waals surface area (Å²) in [6.07, 6.45) is 14.4. The van der Waals surface area contributed by atoms with Gasteiger partial charge in [-0.15, -0.1) is 5.73 Å². The van der Waals surface area contributed by atoms with Gasteiger partial charge in [0.1, 0.15) is 0 Å². The highest BCUT2D eigenvalue weighted by Gasteiger charge is 2.25. The van der Waals surface area contributed by atoms with Crippen molar-refractivity contribution in [2.45, 2.75) is 32.1 Å². The number of hydrogen-bond donors (Lipinski definition) is 0. The van der Waals surface area contributed by atoms with Crippen molar-refractivity contribution in [2.24, 2.45) is 5.92 Å². The monoisotopic (exact) mass is 787 g/mol. The zero-order chi connectivity index (χ0) is 40.7. The summed E-state index contributed by atoms with van der Waals surface area (Å²) in [6.45, 7) is 12.1. The molecule has 0 aromatic heterocycles. The summed E-state index contributed by atoms with van der Waals surface area (Å²) in [5.74, 6) is 0.366. The Labute approximate surface area is 358 Å². The summed E-state index contributed by atoms with van der Waals surface area (Å²) in [5.41, 5.74) is 26.6. The standard InChI is InChI=1S/C58H45NS/c1-5-40-23-30-56-53(32-40)46-33-45(38(2)3)36-54(57(37-46)60-56)44-26-29-55-51(34-44)39(4)16-8-7-15-31-59(55)47-27-24-42(25-28-47)58-48-20-12-11-19-43(48)35-52(41-17-9-6-10-18-41)49-21-13-14-22-50(49)58/h6-30,32-34,36,38H,4-5,31H2,1-3H3/b15-7-,16-8-. The van der Waals surface area contributed by atoms with E-state index in [2.05, 4.69) is 220 Å². The Kier molecular flexibility index (Phi) is 9.84. The van der Waals surface area contributed by atoms with Crippen LogP contribution in [-0.4, -0.2) is 6.54 Å². The molecule has 0 saturated carbocycles. The summed E-state index contributed by atoms with van der Waals surface area (Å²) in [5, 5.41) is 2.27. The van der Waals surface area contributed by atoms with E-state index in [0.717, 1.165) is 56.7 Å². The van der Waals surface area contributed by atoms with E-state index in [9.17, 15) is 0 Å². The second-order valence-electron chi connectivity index (χ2n) is 16.0. The van der Waals surface area contributed by atoms with E-state index in [0.29, 0.717) is 5.92 Å². The van der Waals surface area contributed by atoms with Crippen LogP contribution in [0.15, 0.2) is 204 Å². The third-order valence-corrected chi connectivity index (χ3v) is 13.1. The van der Waals surface area contributed by atoms with Crippen LogP contribution in [0.25, 0.3) is 33.6 Å². The fourth-order valence-electron chi connectivity index (χ4n) is 8.72. The number of fused-ring (bicyclic) bond motifs is 5. The van der Waals surface area contributed by atoms with Crippen LogP contribution in [0.5, 0.6) is 0 Å². The lowest BCUT2D eigenvalue weighted by Crippen LogP contribution is -2.26. The Balaban J connectivity index is 1.07. The Morgan fingerprint density at radius 1 is 0.683 bits per heavy atom. The van der Waals surface area contributed by atoms with Crippen LogP contribution in [0.3, 0.4) is 0 Å². The molecule has 4 aliphatic rings. The Bertz CT molecular complexity index is 3120. The van der Waals surface area contributed by atoms with Crippen LogP contribution in [0.4, 0.5) is 11.4 Å². The molecule has 0 radical (unpaired) electrons. The molecule has 2 heterocycles. The van der Waals surface area contributed by atoms with E-state index in [1.807, 2.05) is 11.8 Å². The van der Waals surface area contributed by atoms with Gasteiger partial charge in [0.15, 0.2) is 0 Å². The van der Waals surface area contributed by atoms with Gasteiger partial charge in [-0.2, -0.15) is 0 Å². The second kappa shape index (κ2) is 15.8. The maximum Gasteiger partial charge on any atom is 0.0626 e. The van der Waals surface area contributed by atoms with Crippen LogP contribution in [-0.2, 0) is 6.42 Å². The lowest BCUT2D eigenvalue weighted by atomic mass is 9.88. The maximum absolute atomic E-state index is 4.62. The van der Waals surface area contributed by atoms with Crippen LogP contribution >= 0.6 is 11.8 Å². The molecule has 6 aromatic carbocycles. The van der Waals surface area contributed by atoms with Gasteiger partial charge in [0, 0.05) is 55.9 Å². The fourth-order valence-corrected chi connectivity index (χ4v) is 9.80. The van der Waals surface area contributed by atoms with Crippen LogP contribution < -0.4 is 15.3 Å². The van der Waals surface area contributed by atoms with E-state index >= 15 is 0 Å². The largest absolute Gasteiger partial charge is 0.337 e. The van der Waals surface area contributed by atoms with E-state index in [1.54, 1.807) is 0 Å². The van der Waals surface area contributed by atoms with Crippen LogP contribution in [0.1, 0.15) is 65.3 Å². The second-order valence-corrected chi connectivity index (χ2v) is 17.1. The molecule has 0 unspecified atom stereocenters. The molecule has 2 bridgehead atoms. The third-order valence-electron chi connectivity index (χ3n) is 12.0. The highest BCUT2D eigenvalue weighted by atomic mass is 32.2. The minimum atomic E-state index is 0.366. The summed E-state index contributed by atoms with van der Waals surface area (Å²) in [4.78, 5) is 4.86. The minimum Gasteiger partial charge on any atom is -0.337 e. The first-order chi connectivity index (χ1) is 29.4. The van der Waals surface area contributed by atoms with Gasteiger partial charge in [-0.1, -0.05) is 166 Å². The number of aryl methyl sites for hydroxylation is 1. The SMILES string of the molecule is C=C1/C=C\C=C/CN(c2ccc(C3=c4ccccc4=C=C(c4ccccc4)c4ccccc43)cc2)c2ccc(C3=CC(C(C)C)=CC4=C=C3Sc3ccc(CC)cc34)cc21. The molecule has 0 amide bonds. The quantitative estimate of drug-likeness (QED) is 0.154. The average molecular weight is 788 g/mol. The third kappa shape index (κ3) is 6.86. The fraction of sp³-hybridized carbons (Fsp3) is 0.103. The van der Waals surface area contributed by atoms with Crippen molar-refractivity contribution >= 4 is 56.7 Å². The van der Waals surface area contributed by atoms with Crippen molar-refractivity contribution in [1.82, 2.24) is 0 Å². The summed E-state index contributed by atoms with van der Waals surface area (Å²) in [6, 6.07) is 51.1. The van der Waals surface area contributed by atoms with Crippen LogP contribution in [0, 0.1) is 5.92 Å². The van der Waals surface area contributed by atoms with E-state index in [4.69, 9.17) is 0 Å². The van der Waals surface area contributed by atoms with Gasteiger partial charge in [0.05, 0.1) is 4.91 Å². The molecule has 0 N–H and O–H groups in total. The number of rotatable bonds is 6. The van der Waals surface area contributed by atoms with E-state index < -0.39 is 0 Å². The van der Waals surface area contributed by atoms with Crippen molar-refractivity contribution in [2.75, 3.05) is 11.4 Å². The first kappa shape index (κ1) is 37.5. The summed E-state index contributed by atoms with van der Waals surface area (Å²) >= 11 is 1.83. The molecule has 2 aliphatic carbocycles. The van der Waals surface area contributed by atoms with Gasteiger partial charge in [-0.05, 0) is 122 Å². The van der Waals surface area contributed by atoms with Crippen molar-refractivity contribution in [3.05, 3.63) is 254 Å². The van der Waals surface area contributed by atoms with Crippen molar-refractivity contribution < 1.29 is 0 Å². The lowest BCUT2D eigenvalue weighted by molar-refractivity contribution is 0.793. The van der Waals surface area contributed by atoms with Crippen molar-refractivity contribution in [3.63, 3.8) is 0 Å². The molecule has 0 fully saturated rings. The number of anilines is 2.